The highest BCUT2D eigenvalue weighted by molar-refractivity contribution is 4.63. The van der Waals surface area contributed by atoms with Gasteiger partial charge in [-0.3, -0.25) is 4.74 Å². The highest BCUT2D eigenvalue weighted by Crippen LogP contribution is 2.37. The molecule has 0 N–H and O–H groups in total. The lowest BCUT2D eigenvalue weighted by Gasteiger charge is -2.18. The van der Waals surface area contributed by atoms with Crippen LogP contribution in [-0.2, 0) is 4.74 Å². The Kier molecular flexibility index (Phi) is 2.70. The van der Waals surface area contributed by atoms with Crippen LogP contribution in [-0.4, -0.2) is 18.9 Å². The highest BCUT2D eigenvalue weighted by atomic mass is 19.4. The van der Waals surface area contributed by atoms with Crippen LogP contribution in [0.3, 0.4) is 0 Å². The van der Waals surface area contributed by atoms with E-state index in [1.807, 2.05) is 4.74 Å². The standard InChI is InChI=1S/C3HF7O/c4-1(5)11-3(9,10)2(6,7)8/h1H. The molecule has 0 aliphatic heterocycles. The maximum atomic E-state index is 11.4. The molecule has 0 aromatic carbocycles. The fraction of sp³-hybridized carbons (Fsp3) is 1.00. The van der Waals surface area contributed by atoms with Crippen molar-refractivity contribution < 1.29 is 35.5 Å². The third-order valence-corrected chi connectivity index (χ3v) is 0.567. The van der Waals surface area contributed by atoms with E-state index in [4.69, 9.17) is 0 Å². The predicted octanol–water partition coefficient (Wildman–Crippen LogP) is 2.38. The average Bonchev–Trinajstić information content (AvgIpc) is 1.56. The van der Waals surface area contributed by atoms with Crippen LogP contribution in [0.15, 0.2) is 0 Å². The second kappa shape index (κ2) is 2.84. The van der Waals surface area contributed by atoms with Crippen molar-refractivity contribution in [3.05, 3.63) is 0 Å². The van der Waals surface area contributed by atoms with Gasteiger partial charge in [-0.1, -0.05) is 0 Å². The van der Waals surface area contributed by atoms with E-state index in [9.17, 15) is 30.7 Å². The van der Waals surface area contributed by atoms with Crippen molar-refractivity contribution in [2.24, 2.45) is 0 Å². The molecule has 0 fully saturated rings. The molecule has 0 aliphatic carbocycles. The summed E-state index contributed by atoms with van der Waals surface area (Å²) in [7, 11) is 0. The van der Waals surface area contributed by atoms with Gasteiger partial charge in [-0.25, -0.2) is 0 Å². The van der Waals surface area contributed by atoms with E-state index in [1.165, 1.54) is 0 Å². The van der Waals surface area contributed by atoms with Gasteiger partial charge in [-0.15, -0.1) is 0 Å². The maximum Gasteiger partial charge on any atom is 0.483 e. The minimum atomic E-state index is -6.11. The van der Waals surface area contributed by atoms with Crippen molar-refractivity contribution >= 4 is 0 Å². The number of halogens is 7. The molecule has 68 valence electrons. The molecule has 0 atom stereocenters. The SMILES string of the molecule is FC(F)OC(F)(F)C(F)(F)F. The molecule has 0 saturated carbocycles. The van der Waals surface area contributed by atoms with Crippen LogP contribution in [0.4, 0.5) is 30.7 Å². The number of ether oxygens (including phenoxy) is 1. The van der Waals surface area contributed by atoms with Crippen molar-refractivity contribution in [3.63, 3.8) is 0 Å². The lowest BCUT2D eigenvalue weighted by atomic mass is 10.6. The molecule has 0 aromatic rings. The molecule has 8 heteroatoms. The first-order valence-corrected chi connectivity index (χ1v) is 2.07. The quantitative estimate of drug-likeness (QED) is 0.601. The Bertz CT molecular complexity index is 126. The van der Waals surface area contributed by atoms with E-state index in [2.05, 4.69) is 0 Å². The molecule has 0 saturated heterocycles. The van der Waals surface area contributed by atoms with Crippen molar-refractivity contribution in [2.75, 3.05) is 0 Å². The van der Waals surface area contributed by atoms with Gasteiger partial charge in [0.05, 0.1) is 0 Å². The Morgan fingerprint density at radius 1 is 0.909 bits per heavy atom. The molecule has 1 nitrogen and oxygen atoms in total. The summed E-state index contributed by atoms with van der Waals surface area (Å²) < 4.78 is 79.4. The topological polar surface area (TPSA) is 9.23 Å². The van der Waals surface area contributed by atoms with Crippen molar-refractivity contribution in [3.8, 4) is 0 Å². The van der Waals surface area contributed by atoms with E-state index in [0.717, 1.165) is 0 Å². The fourth-order valence-electron chi connectivity index (χ4n) is 0.179. The summed E-state index contributed by atoms with van der Waals surface area (Å²) in [6.07, 6.45) is -11.9. The second-order valence-corrected chi connectivity index (χ2v) is 1.39. The van der Waals surface area contributed by atoms with Gasteiger partial charge >= 0.3 is 18.9 Å². The van der Waals surface area contributed by atoms with Crippen molar-refractivity contribution in [1.82, 2.24) is 0 Å². The van der Waals surface area contributed by atoms with Crippen molar-refractivity contribution in [1.29, 1.82) is 0 Å². The zero-order valence-corrected chi connectivity index (χ0v) is 4.63. The van der Waals surface area contributed by atoms with E-state index < -0.39 is 18.9 Å². The first-order valence-electron chi connectivity index (χ1n) is 2.07. The molecular weight excluding hydrogens is 185 g/mol. The Labute approximate surface area is 55.7 Å². The second-order valence-electron chi connectivity index (χ2n) is 1.39. The molecule has 11 heavy (non-hydrogen) atoms. The molecule has 0 heterocycles. The summed E-state index contributed by atoms with van der Waals surface area (Å²) in [4.78, 5) is 0. The molecule has 0 unspecified atom stereocenters. The van der Waals surface area contributed by atoms with Gasteiger partial charge in [0.25, 0.3) is 0 Å². The summed E-state index contributed by atoms with van der Waals surface area (Å²) in [5, 5.41) is 0. The van der Waals surface area contributed by atoms with Gasteiger partial charge in [0.1, 0.15) is 0 Å². The van der Waals surface area contributed by atoms with E-state index in [-0.39, 0.29) is 0 Å². The average molecular weight is 186 g/mol. The molecular formula is C3HF7O. The van der Waals surface area contributed by atoms with Crippen LogP contribution < -0.4 is 0 Å². The molecule has 0 aliphatic rings. The maximum absolute atomic E-state index is 11.4. The monoisotopic (exact) mass is 186 g/mol. The molecule has 0 amide bonds. The normalized spacial score (nSPS) is 14.2. The summed E-state index contributed by atoms with van der Waals surface area (Å²) in [6, 6.07) is 0. The van der Waals surface area contributed by atoms with Gasteiger partial charge < -0.3 is 0 Å². The summed E-state index contributed by atoms with van der Waals surface area (Å²) in [6.45, 7) is -4.16. The van der Waals surface area contributed by atoms with Gasteiger partial charge in [-0.2, -0.15) is 30.7 Å². The molecule has 0 spiro atoms. The van der Waals surface area contributed by atoms with Crippen LogP contribution in [0.25, 0.3) is 0 Å². The number of hydrogen-bond donors (Lipinski definition) is 0. The van der Waals surface area contributed by atoms with Gasteiger partial charge in [0.2, 0.25) is 0 Å². The smallest absolute Gasteiger partial charge is 0.250 e. The lowest BCUT2D eigenvalue weighted by molar-refractivity contribution is -0.426. The van der Waals surface area contributed by atoms with Crippen molar-refractivity contribution in [2.45, 2.75) is 18.9 Å². The minimum Gasteiger partial charge on any atom is -0.250 e. The first kappa shape index (κ1) is 10.5. The van der Waals surface area contributed by atoms with Crippen LogP contribution >= 0.6 is 0 Å². The Hall–Kier alpha value is -0.530. The summed E-state index contributed by atoms with van der Waals surface area (Å²) >= 11 is 0. The van der Waals surface area contributed by atoms with E-state index in [1.54, 1.807) is 0 Å². The minimum absolute atomic E-state index is 2.01. The van der Waals surface area contributed by atoms with Gasteiger partial charge in [0, 0.05) is 0 Å². The van der Waals surface area contributed by atoms with Gasteiger partial charge in [-0.05, 0) is 0 Å². The third-order valence-electron chi connectivity index (χ3n) is 0.567. The number of hydrogen-bond acceptors (Lipinski definition) is 1. The Morgan fingerprint density at radius 2 is 1.27 bits per heavy atom. The Morgan fingerprint density at radius 3 is 1.36 bits per heavy atom. The number of alkyl halides is 7. The molecule has 0 rings (SSSR count). The van der Waals surface area contributed by atoms with Crippen LogP contribution in [0.2, 0.25) is 0 Å². The molecule has 0 radical (unpaired) electrons. The summed E-state index contributed by atoms with van der Waals surface area (Å²) in [5.41, 5.74) is 0. The van der Waals surface area contributed by atoms with E-state index in [0.29, 0.717) is 0 Å². The largest absolute Gasteiger partial charge is 0.483 e. The zero-order chi connectivity index (χ0) is 9.28. The molecule has 0 bridgehead atoms. The fourth-order valence-corrected chi connectivity index (χ4v) is 0.179. The zero-order valence-electron chi connectivity index (χ0n) is 4.63. The van der Waals surface area contributed by atoms with Crippen LogP contribution in [0.1, 0.15) is 0 Å². The predicted molar refractivity (Wildman–Crippen MR) is 18.1 cm³/mol. The third kappa shape index (κ3) is 2.91. The lowest BCUT2D eigenvalue weighted by Crippen LogP contribution is -2.40. The van der Waals surface area contributed by atoms with Crippen LogP contribution in [0.5, 0.6) is 0 Å². The Balaban J connectivity index is 4.22. The highest BCUT2D eigenvalue weighted by Gasteiger charge is 2.61. The summed E-state index contributed by atoms with van der Waals surface area (Å²) in [5.74, 6) is 0. The molecule has 0 aromatic heterocycles. The first-order chi connectivity index (χ1) is 4.67. The van der Waals surface area contributed by atoms with Gasteiger partial charge in [0.15, 0.2) is 0 Å². The van der Waals surface area contributed by atoms with E-state index >= 15 is 0 Å². The van der Waals surface area contributed by atoms with Crippen LogP contribution in [0, 0.1) is 0 Å². The number of rotatable bonds is 2.